The van der Waals surface area contributed by atoms with Crippen LogP contribution in [0.5, 0.6) is 0 Å². The third-order valence-electron chi connectivity index (χ3n) is 6.30. The normalized spacial score (nSPS) is 16.3. The summed E-state index contributed by atoms with van der Waals surface area (Å²) in [6.45, 7) is 0.792. The SMILES string of the molecule is N#CC1CCN(C(=O)C(CC(=O)O)NC(=O)OCC2c3ccccc3-c3ccccc32)CC1. The van der Waals surface area contributed by atoms with E-state index in [1.54, 1.807) is 0 Å². The molecule has 1 fully saturated rings. The second-order valence-corrected chi connectivity index (χ2v) is 8.35. The molecule has 170 valence electrons. The summed E-state index contributed by atoms with van der Waals surface area (Å²) in [6, 6.07) is 16.8. The number of nitrogens with zero attached hydrogens (tertiary/aromatic N) is 2. The lowest BCUT2D eigenvalue weighted by Crippen LogP contribution is -2.51. The van der Waals surface area contributed by atoms with Crippen molar-refractivity contribution >= 4 is 18.0 Å². The minimum absolute atomic E-state index is 0.0708. The Labute approximate surface area is 191 Å². The van der Waals surface area contributed by atoms with E-state index in [2.05, 4.69) is 11.4 Å². The molecule has 0 spiro atoms. The molecule has 2 amide bonds. The predicted molar refractivity (Wildman–Crippen MR) is 119 cm³/mol. The molecule has 1 saturated heterocycles. The zero-order valence-corrected chi connectivity index (χ0v) is 18.1. The highest BCUT2D eigenvalue weighted by molar-refractivity contribution is 5.89. The number of piperidine rings is 1. The molecule has 0 radical (unpaired) electrons. The fourth-order valence-electron chi connectivity index (χ4n) is 4.61. The quantitative estimate of drug-likeness (QED) is 0.702. The first-order valence-electron chi connectivity index (χ1n) is 11.0. The zero-order valence-electron chi connectivity index (χ0n) is 18.1. The van der Waals surface area contributed by atoms with Crippen LogP contribution in [0.2, 0.25) is 0 Å². The molecule has 8 nitrogen and oxygen atoms in total. The molecular formula is C25H25N3O5. The average molecular weight is 447 g/mol. The Kier molecular flexibility index (Phi) is 6.59. The molecule has 1 atom stereocenters. The maximum Gasteiger partial charge on any atom is 0.407 e. The molecule has 0 aromatic heterocycles. The van der Waals surface area contributed by atoms with Gasteiger partial charge in [-0.3, -0.25) is 9.59 Å². The lowest BCUT2D eigenvalue weighted by Gasteiger charge is -2.32. The Balaban J connectivity index is 1.41. The molecule has 0 bridgehead atoms. The molecule has 1 aliphatic carbocycles. The average Bonchev–Trinajstić information content (AvgIpc) is 3.15. The van der Waals surface area contributed by atoms with Crippen LogP contribution in [0.4, 0.5) is 4.79 Å². The molecule has 4 rings (SSSR count). The van der Waals surface area contributed by atoms with E-state index in [0.717, 1.165) is 22.3 Å². The maximum absolute atomic E-state index is 12.9. The van der Waals surface area contributed by atoms with E-state index in [9.17, 15) is 19.5 Å². The number of carbonyl (C=O) groups is 3. The van der Waals surface area contributed by atoms with Gasteiger partial charge in [0.05, 0.1) is 12.5 Å². The van der Waals surface area contributed by atoms with Gasteiger partial charge < -0.3 is 20.1 Å². The topological polar surface area (TPSA) is 120 Å². The number of ether oxygens (including phenoxy) is 1. The number of amides is 2. The minimum Gasteiger partial charge on any atom is -0.481 e. The number of carboxylic acid groups (broad SMARTS) is 1. The molecule has 1 aliphatic heterocycles. The highest BCUT2D eigenvalue weighted by Gasteiger charge is 2.33. The predicted octanol–water partition coefficient (Wildman–Crippen LogP) is 3.13. The fourth-order valence-corrected chi connectivity index (χ4v) is 4.61. The third kappa shape index (κ3) is 4.82. The van der Waals surface area contributed by atoms with Crippen LogP contribution in [0.3, 0.4) is 0 Å². The van der Waals surface area contributed by atoms with E-state index < -0.39 is 30.4 Å². The highest BCUT2D eigenvalue weighted by atomic mass is 16.5. The van der Waals surface area contributed by atoms with Gasteiger partial charge >= 0.3 is 12.1 Å². The number of nitriles is 1. The van der Waals surface area contributed by atoms with E-state index in [-0.39, 0.29) is 18.4 Å². The van der Waals surface area contributed by atoms with E-state index >= 15 is 0 Å². The number of alkyl carbamates (subject to hydrolysis) is 1. The molecule has 33 heavy (non-hydrogen) atoms. The molecule has 2 aromatic rings. The third-order valence-corrected chi connectivity index (χ3v) is 6.30. The van der Waals surface area contributed by atoms with Crippen molar-refractivity contribution in [2.24, 2.45) is 5.92 Å². The Morgan fingerprint density at radius 3 is 2.18 bits per heavy atom. The van der Waals surface area contributed by atoms with Gasteiger partial charge in [0, 0.05) is 24.9 Å². The minimum atomic E-state index is -1.23. The summed E-state index contributed by atoms with van der Waals surface area (Å²) < 4.78 is 5.47. The van der Waals surface area contributed by atoms with Gasteiger partial charge in [0.2, 0.25) is 5.91 Å². The first kappa shape index (κ1) is 22.3. The van der Waals surface area contributed by atoms with Gasteiger partial charge in [-0.2, -0.15) is 5.26 Å². The van der Waals surface area contributed by atoms with Gasteiger partial charge in [0.25, 0.3) is 0 Å². The summed E-state index contributed by atoms with van der Waals surface area (Å²) in [5.74, 6) is -1.91. The van der Waals surface area contributed by atoms with Crippen molar-refractivity contribution in [2.75, 3.05) is 19.7 Å². The van der Waals surface area contributed by atoms with Gasteiger partial charge in [0.15, 0.2) is 0 Å². The van der Waals surface area contributed by atoms with Crippen molar-refractivity contribution in [1.29, 1.82) is 5.26 Å². The van der Waals surface area contributed by atoms with Crippen LogP contribution in [0, 0.1) is 17.2 Å². The number of benzene rings is 2. The number of hydrogen-bond donors (Lipinski definition) is 2. The Morgan fingerprint density at radius 1 is 1.06 bits per heavy atom. The monoisotopic (exact) mass is 447 g/mol. The number of hydrogen-bond acceptors (Lipinski definition) is 5. The highest BCUT2D eigenvalue weighted by Crippen LogP contribution is 2.44. The van der Waals surface area contributed by atoms with Crippen molar-refractivity contribution in [2.45, 2.75) is 31.2 Å². The number of carbonyl (C=O) groups excluding carboxylic acids is 2. The molecule has 2 aromatic carbocycles. The largest absolute Gasteiger partial charge is 0.481 e. The molecule has 8 heteroatoms. The molecule has 2 N–H and O–H groups in total. The van der Waals surface area contributed by atoms with Crippen LogP contribution in [0.25, 0.3) is 11.1 Å². The van der Waals surface area contributed by atoms with Crippen LogP contribution < -0.4 is 5.32 Å². The second kappa shape index (κ2) is 9.74. The van der Waals surface area contributed by atoms with Gasteiger partial charge in [-0.25, -0.2) is 4.79 Å². The van der Waals surface area contributed by atoms with E-state index in [1.807, 2.05) is 48.5 Å². The van der Waals surface area contributed by atoms with Gasteiger partial charge in [-0.1, -0.05) is 48.5 Å². The molecule has 1 unspecified atom stereocenters. The van der Waals surface area contributed by atoms with Crippen molar-refractivity contribution in [3.63, 3.8) is 0 Å². The van der Waals surface area contributed by atoms with E-state index in [4.69, 9.17) is 10.00 Å². The van der Waals surface area contributed by atoms with Gasteiger partial charge in [-0.15, -0.1) is 0 Å². The number of rotatable bonds is 6. The lowest BCUT2D eigenvalue weighted by atomic mass is 9.98. The maximum atomic E-state index is 12.9. The van der Waals surface area contributed by atoms with Crippen molar-refractivity contribution in [1.82, 2.24) is 10.2 Å². The van der Waals surface area contributed by atoms with Crippen LogP contribution in [-0.2, 0) is 14.3 Å². The number of likely N-dealkylation sites (tertiary alicyclic amines) is 1. The Hall–Kier alpha value is -3.86. The zero-order chi connectivity index (χ0) is 23.4. The number of aliphatic carboxylic acids is 1. The lowest BCUT2D eigenvalue weighted by molar-refractivity contribution is -0.143. The first-order chi connectivity index (χ1) is 16.0. The summed E-state index contributed by atoms with van der Waals surface area (Å²) in [4.78, 5) is 38.2. The van der Waals surface area contributed by atoms with Crippen LogP contribution in [-0.4, -0.2) is 53.7 Å². The smallest absolute Gasteiger partial charge is 0.407 e. The van der Waals surface area contributed by atoms with Gasteiger partial charge in [0.1, 0.15) is 12.6 Å². The molecule has 2 aliphatic rings. The Bertz CT molecular complexity index is 1060. The number of carboxylic acids is 1. The molecule has 1 heterocycles. The standard InChI is InChI=1S/C25H25N3O5/c26-14-16-9-11-28(12-10-16)24(31)22(13-23(29)30)27-25(32)33-15-21-19-7-3-1-5-17(19)18-6-2-4-8-20(18)21/h1-8,16,21-22H,9-13,15H2,(H,27,32)(H,29,30). The van der Waals surface area contributed by atoms with Crippen LogP contribution in [0.15, 0.2) is 48.5 Å². The van der Waals surface area contributed by atoms with E-state index in [0.29, 0.717) is 25.9 Å². The van der Waals surface area contributed by atoms with Crippen LogP contribution >= 0.6 is 0 Å². The summed E-state index contributed by atoms with van der Waals surface area (Å²) >= 11 is 0. The Morgan fingerprint density at radius 2 is 1.64 bits per heavy atom. The molecule has 0 saturated carbocycles. The van der Waals surface area contributed by atoms with E-state index in [1.165, 1.54) is 4.90 Å². The van der Waals surface area contributed by atoms with Crippen LogP contribution in [0.1, 0.15) is 36.3 Å². The van der Waals surface area contributed by atoms with Crippen molar-refractivity contribution in [3.05, 3.63) is 59.7 Å². The summed E-state index contributed by atoms with van der Waals surface area (Å²) in [5.41, 5.74) is 4.32. The van der Waals surface area contributed by atoms with Crippen molar-refractivity contribution < 1.29 is 24.2 Å². The summed E-state index contributed by atoms with van der Waals surface area (Å²) in [5, 5.41) is 20.7. The molecular weight excluding hydrogens is 422 g/mol. The summed E-state index contributed by atoms with van der Waals surface area (Å²) in [7, 11) is 0. The second-order valence-electron chi connectivity index (χ2n) is 8.35. The van der Waals surface area contributed by atoms with Crippen molar-refractivity contribution in [3.8, 4) is 17.2 Å². The summed E-state index contributed by atoms with van der Waals surface area (Å²) in [6.07, 6.45) is -0.301. The van der Waals surface area contributed by atoms with Gasteiger partial charge in [-0.05, 0) is 35.1 Å². The number of fused-ring (bicyclic) bond motifs is 3. The number of nitrogens with one attached hydrogen (secondary N) is 1. The fraction of sp³-hybridized carbons (Fsp3) is 0.360. The first-order valence-corrected chi connectivity index (χ1v) is 11.0.